The number of aromatic nitrogens is 1. The molecule has 5 heteroatoms. The van der Waals surface area contributed by atoms with Gasteiger partial charge in [0.15, 0.2) is 0 Å². The third-order valence-electron chi connectivity index (χ3n) is 3.41. The van der Waals surface area contributed by atoms with Crippen molar-refractivity contribution in [2.45, 2.75) is 19.3 Å². The highest BCUT2D eigenvalue weighted by Gasteiger charge is 2.25. The Kier molecular flexibility index (Phi) is 4.15. The molecule has 1 fully saturated rings. The van der Waals surface area contributed by atoms with E-state index < -0.39 is 0 Å². The number of carbonyl (C=O) groups excluding carboxylic acids is 1. The molecule has 1 amide bonds. The lowest BCUT2D eigenvalue weighted by Gasteiger charge is -2.32. The first-order valence-electron chi connectivity index (χ1n) is 6.34. The maximum Gasteiger partial charge on any atom is 0.257 e. The van der Waals surface area contributed by atoms with E-state index in [1.165, 1.54) is 12.4 Å². The first kappa shape index (κ1) is 12.8. The Balaban J connectivity index is 2.07. The second-order valence-corrected chi connectivity index (χ2v) is 4.73. The second kappa shape index (κ2) is 5.82. The highest BCUT2D eigenvalue weighted by atomic mass is 16.3. The largest absolute Gasteiger partial charge is 0.505 e. The zero-order valence-electron chi connectivity index (χ0n) is 10.4. The van der Waals surface area contributed by atoms with Crippen LogP contribution in [0.3, 0.4) is 0 Å². The van der Waals surface area contributed by atoms with E-state index in [1.54, 1.807) is 11.0 Å². The fourth-order valence-electron chi connectivity index (χ4n) is 2.46. The van der Waals surface area contributed by atoms with Gasteiger partial charge in [0.05, 0.1) is 11.8 Å². The molecule has 1 aromatic rings. The molecule has 1 aromatic heterocycles. The van der Waals surface area contributed by atoms with Crippen molar-refractivity contribution in [3.63, 3.8) is 0 Å². The van der Waals surface area contributed by atoms with Crippen molar-refractivity contribution in [1.82, 2.24) is 9.88 Å². The first-order chi connectivity index (χ1) is 8.72. The van der Waals surface area contributed by atoms with Crippen molar-refractivity contribution in [2.75, 3.05) is 19.6 Å². The minimum absolute atomic E-state index is 0.0524. The molecule has 0 saturated carbocycles. The predicted octanol–water partition coefficient (Wildman–Crippen LogP) is 0.988. The van der Waals surface area contributed by atoms with Gasteiger partial charge in [0.25, 0.3) is 5.91 Å². The standard InChI is InChI=1S/C13H19N3O2/c14-5-3-10-2-1-7-16(9-10)13(18)11-4-6-15-8-12(11)17/h4,6,8,10,17H,1-3,5,7,9,14H2. The van der Waals surface area contributed by atoms with Crippen molar-refractivity contribution >= 4 is 5.91 Å². The fraction of sp³-hybridized carbons (Fsp3) is 0.538. The van der Waals surface area contributed by atoms with Crippen LogP contribution in [0.2, 0.25) is 0 Å². The molecule has 18 heavy (non-hydrogen) atoms. The molecule has 0 aliphatic carbocycles. The number of carbonyl (C=O) groups is 1. The van der Waals surface area contributed by atoms with Gasteiger partial charge in [-0.2, -0.15) is 0 Å². The zero-order chi connectivity index (χ0) is 13.0. The van der Waals surface area contributed by atoms with Crippen LogP contribution in [0.4, 0.5) is 0 Å². The monoisotopic (exact) mass is 249 g/mol. The van der Waals surface area contributed by atoms with E-state index in [0.29, 0.717) is 18.0 Å². The Morgan fingerprint density at radius 1 is 1.61 bits per heavy atom. The number of nitrogens with zero attached hydrogens (tertiary/aromatic N) is 2. The molecule has 0 spiro atoms. The van der Waals surface area contributed by atoms with Crippen molar-refractivity contribution in [2.24, 2.45) is 11.7 Å². The average molecular weight is 249 g/mol. The van der Waals surface area contributed by atoms with E-state index in [9.17, 15) is 9.90 Å². The molecule has 1 saturated heterocycles. The van der Waals surface area contributed by atoms with Crippen LogP contribution in [0.25, 0.3) is 0 Å². The number of pyridine rings is 1. The summed E-state index contributed by atoms with van der Waals surface area (Å²) in [5, 5.41) is 9.65. The minimum atomic E-state index is -0.114. The highest BCUT2D eigenvalue weighted by Crippen LogP contribution is 2.23. The molecular weight excluding hydrogens is 230 g/mol. The lowest BCUT2D eigenvalue weighted by atomic mass is 9.94. The van der Waals surface area contributed by atoms with Crippen molar-refractivity contribution in [3.8, 4) is 5.75 Å². The van der Waals surface area contributed by atoms with Crippen LogP contribution in [0.5, 0.6) is 5.75 Å². The number of nitrogens with two attached hydrogens (primary N) is 1. The van der Waals surface area contributed by atoms with E-state index in [-0.39, 0.29) is 11.7 Å². The number of hydrogen-bond donors (Lipinski definition) is 2. The number of piperidine rings is 1. The van der Waals surface area contributed by atoms with Crippen LogP contribution in [0.1, 0.15) is 29.6 Å². The summed E-state index contributed by atoms with van der Waals surface area (Å²) in [4.78, 5) is 17.9. The number of hydrogen-bond acceptors (Lipinski definition) is 4. The van der Waals surface area contributed by atoms with E-state index >= 15 is 0 Å². The normalized spacial score (nSPS) is 19.8. The summed E-state index contributed by atoms with van der Waals surface area (Å²) in [6.07, 6.45) is 5.90. The Morgan fingerprint density at radius 3 is 3.17 bits per heavy atom. The number of aromatic hydroxyl groups is 1. The zero-order valence-corrected chi connectivity index (χ0v) is 10.4. The Bertz CT molecular complexity index is 420. The van der Waals surface area contributed by atoms with E-state index in [1.807, 2.05) is 0 Å². The number of likely N-dealkylation sites (tertiary alicyclic amines) is 1. The number of rotatable bonds is 3. The van der Waals surface area contributed by atoms with Crippen LogP contribution < -0.4 is 5.73 Å². The van der Waals surface area contributed by atoms with Gasteiger partial charge in [-0.1, -0.05) is 0 Å². The fourth-order valence-corrected chi connectivity index (χ4v) is 2.46. The molecule has 2 heterocycles. The van der Waals surface area contributed by atoms with E-state index in [2.05, 4.69) is 4.98 Å². The van der Waals surface area contributed by atoms with Crippen LogP contribution >= 0.6 is 0 Å². The molecule has 2 rings (SSSR count). The van der Waals surface area contributed by atoms with Crippen LogP contribution in [0.15, 0.2) is 18.5 Å². The van der Waals surface area contributed by atoms with Crippen LogP contribution in [-0.4, -0.2) is 40.5 Å². The van der Waals surface area contributed by atoms with Gasteiger partial charge in [-0.25, -0.2) is 0 Å². The Hall–Kier alpha value is -1.62. The van der Waals surface area contributed by atoms with Crippen molar-refractivity contribution in [1.29, 1.82) is 0 Å². The molecule has 0 aromatic carbocycles. The molecule has 3 N–H and O–H groups in total. The summed E-state index contributed by atoms with van der Waals surface area (Å²) in [5.74, 6) is 0.316. The van der Waals surface area contributed by atoms with Gasteiger partial charge in [0.1, 0.15) is 5.75 Å². The topological polar surface area (TPSA) is 79.5 Å². The minimum Gasteiger partial charge on any atom is -0.505 e. The van der Waals surface area contributed by atoms with E-state index in [0.717, 1.165) is 32.4 Å². The molecular formula is C13H19N3O2. The summed E-state index contributed by atoms with van der Waals surface area (Å²) >= 11 is 0. The summed E-state index contributed by atoms with van der Waals surface area (Å²) in [6.45, 7) is 2.15. The molecule has 1 unspecified atom stereocenters. The van der Waals surface area contributed by atoms with Crippen molar-refractivity contribution < 1.29 is 9.90 Å². The first-order valence-corrected chi connectivity index (χ1v) is 6.34. The molecule has 0 bridgehead atoms. The third-order valence-corrected chi connectivity index (χ3v) is 3.41. The third kappa shape index (κ3) is 2.79. The summed E-state index contributed by atoms with van der Waals surface area (Å²) in [5.41, 5.74) is 5.90. The Labute approximate surface area is 107 Å². The molecule has 98 valence electrons. The van der Waals surface area contributed by atoms with Gasteiger partial charge in [-0.05, 0) is 37.8 Å². The maximum absolute atomic E-state index is 12.3. The predicted molar refractivity (Wildman–Crippen MR) is 68.2 cm³/mol. The van der Waals surface area contributed by atoms with Gasteiger partial charge in [0, 0.05) is 19.3 Å². The lowest BCUT2D eigenvalue weighted by Crippen LogP contribution is -2.40. The smallest absolute Gasteiger partial charge is 0.257 e. The van der Waals surface area contributed by atoms with Gasteiger partial charge in [-0.3, -0.25) is 9.78 Å². The molecule has 5 nitrogen and oxygen atoms in total. The van der Waals surface area contributed by atoms with Gasteiger partial charge < -0.3 is 15.7 Å². The molecule has 0 radical (unpaired) electrons. The molecule has 1 aliphatic rings. The lowest BCUT2D eigenvalue weighted by molar-refractivity contribution is 0.0666. The number of amides is 1. The van der Waals surface area contributed by atoms with Crippen LogP contribution in [-0.2, 0) is 0 Å². The van der Waals surface area contributed by atoms with Crippen molar-refractivity contribution in [3.05, 3.63) is 24.0 Å². The highest BCUT2D eigenvalue weighted by molar-refractivity contribution is 5.96. The van der Waals surface area contributed by atoms with Gasteiger partial charge in [-0.15, -0.1) is 0 Å². The average Bonchev–Trinajstić information content (AvgIpc) is 2.39. The summed E-state index contributed by atoms with van der Waals surface area (Å²) in [6, 6.07) is 1.56. The summed E-state index contributed by atoms with van der Waals surface area (Å²) < 4.78 is 0. The van der Waals surface area contributed by atoms with Gasteiger partial charge in [0.2, 0.25) is 0 Å². The second-order valence-electron chi connectivity index (χ2n) is 4.73. The molecule has 1 atom stereocenters. The quantitative estimate of drug-likeness (QED) is 0.837. The van der Waals surface area contributed by atoms with E-state index in [4.69, 9.17) is 5.73 Å². The van der Waals surface area contributed by atoms with Crippen LogP contribution in [0, 0.1) is 5.92 Å². The Morgan fingerprint density at radius 2 is 2.44 bits per heavy atom. The van der Waals surface area contributed by atoms with Gasteiger partial charge >= 0.3 is 0 Å². The SMILES string of the molecule is NCCC1CCCN(C(=O)c2ccncc2O)C1. The molecule has 1 aliphatic heterocycles. The summed E-state index contributed by atoms with van der Waals surface area (Å²) in [7, 11) is 0. The maximum atomic E-state index is 12.3.